The first kappa shape index (κ1) is 55.8. The number of hydroxylamine groups is 2. The minimum atomic E-state index is -4.79. The van der Waals surface area contributed by atoms with E-state index in [4.69, 9.17) is 14.3 Å². The summed E-state index contributed by atoms with van der Waals surface area (Å²) in [5.41, 5.74) is -2.60. The molecular formula is C47H62N3O17S3+. The fourth-order valence-electron chi connectivity index (χ4n) is 9.08. The van der Waals surface area contributed by atoms with Crippen LogP contribution >= 0.6 is 0 Å². The van der Waals surface area contributed by atoms with E-state index >= 15 is 4.79 Å². The summed E-state index contributed by atoms with van der Waals surface area (Å²) in [6.07, 6.45) is 2.21. The monoisotopic (exact) mass is 1040 g/mol. The SMILES string of the molecule is C=C(O)C(=CC1=[N+](C(C)(C)CCOC(C)(C)C)c2ccc(S(=O)(=O)O)cc2C1(C)CCCS(=O)(=O)O)C(=O)C=C1N(CCCC(=O)ON2C(=O)CCC2=O)c2ccc(S(=O)(=O)O)cc2C1(C)CCOC. The number of carbonyl (C=O) groups is 4. The van der Waals surface area contributed by atoms with Crippen molar-refractivity contribution < 1.29 is 82.1 Å². The molecule has 3 aliphatic heterocycles. The van der Waals surface area contributed by atoms with Crippen LogP contribution in [-0.4, -0.2) is 127 Å². The summed E-state index contributed by atoms with van der Waals surface area (Å²) < 4.78 is 118. The molecule has 0 saturated carbocycles. The Labute approximate surface area is 408 Å². The molecule has 0 bridgehead atoms. The van der Waals surface area contributed by atoms with Gasteiger partial charge in [0, 0.05) is 100 Å². The van der Waals surface area contributed by atoms with Crippen LogP contribution in [0.5, 0.6) is 0 Å². The van der Waals surface area contributed by atoms with Crippen LogP contribution in [0.2, 0.25) is 0 Å². The first-order valence-electron chi connectivity index (χ1n) is 22.3. The number of rotatable bonds is 22. The van der Waals surface area contributed by atoms with Crippen molar-refractivity contribution in [2.24, 2.45) is 0 Å². The Bertz CT molecular complexity index is 2900. The van der Waals surface area contributed by atoms with Crippen LogP contribution in [0.15, 0.2) is 81.9 Å². The zero-order chi connectivity index (χ0) is 52.6. The maximum absolute atomic E-state index is 15.1. The van der Waals surface area contributed by atoms with Crippen molar-refractivity contribution in [3.05, 3.63) is 83.3 Å². The third-order valence-corrected chi connectivity index (χ3v) is 15.2. The Morgan fingerprint density at radius 2 is 1.43 bits per heavy atom. The van der Waals surface area contributed by atoms with Crippen molar-refractivity contribution in [1.29, 1.82) is 0 Å². The Morgan fingerprint density at radius 3 is 1.97 bits per heavy atom. The summed E-state index contributed by atoms with van der Waals surface area (Å²) >= 11 is 0. The van der Waals surface area contributed by atoms with E-state index in [2.05, 4.69) is 6.58 Å². The fraction of sp³-hybridized carbons (Fsp3) is 0.511. The maximum atomic E-state index is 15.1. The molecule has 0 spiro atoms. The van der Waals surface area contributed by atoms with Gasteiger partial charge in [0.15, 0.2) is 17.0 Å². The largest absolute Gasteiger partial charge is 0.508 e. The van der Waals surface area contributed by atoms with E-state index in [-0.39, 0.29) is 81.7 Å². The van der Waals surface area contributed by atoms with Crippen LogP contribution < -0.4 is 4.90 Å². The number of ketones is 1. The van der Waals surface area contributed by atoms with Crippen LogP contribution in [0.3, 0.4) is 0 Å². The van der Waals surface area contributed by atoms with Gasteiger partial charge in [-0.25, -0.2) is 4.79 Å². The number of aliphatic hydroxyl groups excluding tert-OH is 1. The highest BCUT2D eigenvalue weighted by molar-refractivity contribution is 7.86. The number of aliphatic hydroxyl groups is 1. The highest BCUT2D eigenvalue weighted by Crippen LogP contribution is 2.52. The first-order valence-corrected chi connectivity index (χ1v) is 26.8. The zero-order valence-corrected chi connectivity index (χ0v) is 42.9. The molecular weight excluding hydrogens is 975 g/mol. The van der Waals surface area contributed by atoms with Gasteiger partial charge < -0.3 is 24.3 Å². The van der Waals surface area contributed by atoms with Crippen LogP contribution in [0.25, 0.3) is 0 Å². The molecule has 3 heterocycles. The molecule has 0 aliphatic carbocycles. The summed E-state index contributed by atoms with van der Waals surface area (Å²) in [6.45, 7) is 16.7. The number of ether oxygens (including phenoxy) is 2. The lowest BCUT2D eigenvalue weighted by Gasteiger charge is -2.30. The number of methoxy groups -OCH3 is 1. The Kier molecular flexibility index (Phi) is 16.4. The average Bonchev–Trinajstić information content (AvgIpc) is 3.76. The van der Waals surface area contributed by atoms with Crippen molar-refractivity contribution >= 4 is 71.0 Å². The molecule has 20 nitrogen and oxygen atoms in total. The zero-order valence-electron chi connectivity index (χ0n) is 40.5. The van der Waals surface area contributed by atoms with E-state index < -0.39 is 97.2 Å². The number of fused-ring (bicyclic) bond motifs is 2. The molecule has 384 valence electrons. The van der Waals surface area contributed by atoms with Crippen LogP contribution in [0.1, 0.15) is 111 Å². The third-order valence-electron chi connectivity index (χ3n) is 12.7. The highest BCUT2D eigenvalue weighted by atomic mass is 32.2. The van der Waals surface area contributed by atoms with Crippen molar-refractivity contribution in [3.63, 3.8) is 0 Å². The van der Waals surface area contributed by atoms with E-state index in [9.17, 15) is 58.4 Å². The summed E-state index contributed by atoms with van der Waals surface area (Å²) in [7, 11) is -12.6. The molecule has 0 aromatic heterocycles. The van der Waals surface area contributed by atoms with E-state index in [0.717, 1.165) is 6.07 Å². The number of amides is 2. The number of benzene rings is 2. The molecule has 1 saturated heterocycles. The van der Waals surface area contributed by atoms with Crippen LogP contribution in [-0.2, 0) is 74.7 Å². The predicted octanol–water partition coefficient (Wildman–Crippen LogP) is 5.84. The van der Waals surface area contributed by atoms with Gasteiger partial charge in [-0.05, 0) is 96.2 Å². The second-order valence-corrected chi connectivity index (χ2v) is 24.0. The third kappa shape index (κ3) is 12.5. The van der Waals surface area contributed by atoms with Gasteiger partial charge in [0.2, 0.25) is 5.69 Å². The minimum Gasteiger partial charge on any atom is -0.508 e. The van der Waals surface area contributed by atoms with E-state index in [1.807, 2.05) is 39.2 Å². The van der Waals surface area contributed by atoms with Gasteiger partial charge >= 0.3 is 5.97 Å². The van der Waals surface area contributed by atoms with Crippen LogP contribution in [0, 0.1) is 0 Å². The predicted molar refractivity (Wildman–Crippen MR) is 255 cm³/mol. The lowest BCUT2D eigenvalue weighted by Crippen LogP contribution is -2.41. The molecule has 70 heavy (non-hydrogen) atoms. The van der Waals surface area contributed by atoms with Crippen molar-refractivity contribution in [2.75, 3.05) is 37.5 Å². The van der Waals surface area contributed by atoms with E-state index in [1.165, 1.54) is 49.6 Å². The maximum Gasteiger partial charge on any atom is 0.333 e. The molecule has 0 radical (unpaired) electrons. The lowest BCUT2D eigenvalue weighted by atomic mass is 9.75. The van der Waals surface area contributed by atoms with Gasteiger partial charge in [-0.1, -0.05) is 6.58 Å². The van der Waals surface area contributed by atoms with Gasteiger partial charge in [0.25, 0.3) is 42.2 Å². The minimum absolute atomic E-state index is 0.00244. The topological polar surface area (TPSA) is 289 Å². The number of allylic oxidation sites excluding steroid dienone is 4. The second-order valence-electron chi connectivity index (χ2n) is 19.5. The van der Waals surface area contributed by atoms with Crippen LogP contribution in [0.4, 0.5) is 11.4 Å². The summed E-state index contributed by atoms with van der Waals surface area (Å²) in [4.78, 5) is 58.1. The number of hydrogen-bond acceptors (Lipinski definition) is 15. The number of imide groups is 1. The molecule has 3 aliphatic rings. The molecule has 2 aromatic rings. The Morgan fingerprint density at radius 1 is 0.843 bits per heavy atom. The average molecular weight is 1040 g/mol. The summed E-state index contributed by atoms with van der Waals surface area (Å²) in [5.74, 6) is -4.50. The highest BCUT2D eigenvalue weighted by Gasteiger charge is 2.53. The first-order chi connectivity index (χ1) is 32.1. The number of carbonyl (C=O) groups excluding carboxylic acids is 4. The fourth-order valence-corrected chi connectivity index (χ4v) is 10.6. The lowest BCUT2D eigenvalue weighted by molar-refractivity contribution is -0.525. The summed E-state index contributed by atoms with van der Waals surface area (Å²) in [5, 5.41) is 11.8. The Balaban J connectivity index is 1.74. The molecule has 23 heteroatoms. The van der Waals surface area contributed by atoms with Gasteiger partial charge in [-0.3, -0.25) is 28.0 Å². The van der Waals surface area contributed by atoms with E-state index in [0.29, 0.717) is 34.0 Å². The van der Waals surface area contributed by atoms with E-state index in [1.54, 1.807) is 18.7 Å². The Hall–Kier alpha value is -5.14. The summed E-state index contributed by atoms with van der Waals surface area (Å²) in [6, 6.07) is 7.75. The number of anilines is 1. The molecule has 1 fully saturated rings. The molecule has 2 aromatic carbocycles. The van der Waals surface area contributed by atoms with Crippen molar-refractivity contribution in [3.8, 4) is 0 Å². The number of hydrogen-bond donors (Lipinski definition) is 4. The standard InChI is InChI=1S/C47H61N3O17S3/c1-30(51)33(28-40-46(7,19-11-25-68(56,57)58)35-27-32(70(62,63)64)14-16-37(35)49(40)45(5,6)20-24-66-44(2,3)4)38(52)29-39-47(8,21-23-65-9)34-26-31(69(59,60)61)13-15-36(34)48(39)22-10-12-43(55)67-50-41(53)17-18-42(50)54/h13-16,26-29H,1,10-12,17-25H2,2-9H3,(H3-,51,56,57,58,59,60,61,62,63,64)/p+1. The quantitative estimate of drug-likeness (QED) is 0.0269. The van der Waals surface area contributed by atoms with Gasteiger partial charge in [0.05, 0.1) is 38.7 Å². The smallest absolute Gasteiger partial charge is 0.333 e. The molecule has 2 unspecified atom stereocenters. The molecule has 4 N–H and O–H groups in total. The van der Waals surface area contributed by atoms with Gasteiger partial charge in [-0.2, -0.15) is 29.8 Å². The second kappa shape index (κ2) is 20.5. The molecule has 2 atom stereocenters. The van der Waals surface area contributed by atoms with Crippen molar-refractivity contribution in [2.45, 2.75) is 132 Å². The van der Waals surface area contributed by atoms with Gasteiger partial charge in [0.1, 0.15) is 5.76 Å². The van der Waals surface area contributed by atoms with Crippen molar-refractivity contribution in [1.82, 2.24) is 5.06 Å². The number of nitrogens with zero attached hydrogens (tertiary/aromatic N) is 3. The normalized spacial score (nSPS) is 20.7. The molecule has 2 amide bonds. The van der Waals surface area contributed by atoms with Gasteiger partial charge in [-0.15, -0.1) is 5.06 Å². The molecule has 5 rings (SSSR count).